The van der Waals surface area contributed by atoms with Gasteiger partial charge in [-0.25, -0.2) is 4.79 Å². The molecule has 0 fully saturated rings. The first-order valence-electron chi connectivity index (χ1n) is 4.67. The van der Waals surface area contributed by atoms with Gasteiger partial charge in [0.05, 0.1) is 5.60 Å². The highest BCUT2D eigenvalue weighted by atomic mass is 127. The Kier molecular flexibility index (Phi) is 4.15. The smallest absolute Gasteiger partial charge is 0.339 e. The van der Waals surface area contributed by atoms with Gasteiger partial charge >= 0.3 is 5.97 Å². The van der Waals surface area contributed by atoms with E-state index in [4.69, 9.17) is 9.84 Å². The van der Waals surface area contributed by atoms with E-state index in [1.54, 1.807) is 26.0 Å². The molecule has 0 saturated carbocycles. The monoisotopic (exact) mass is 336 g/mol. The summed E-state index contributed by atoms with van der Waals surface area (Å²) in [5.41, 5.74) is -0.880. The minimum Gasteiger partial charge on any atom is -0.490 e. The van der Waals surface area contributed by atoms with Crippen molar-refractivity contribution >= 4 is 28.6 Å². The van der Waals surface area contributed by atoms with Crippen molar-refractivity contribution in [2.45, 2.75) is 19.4 Å². The van der Waals surface area contributed by atoms with Crippen molar-refractivity contribution in [2.24, 2.45) is 0 Å². The molecule has 0 bridgehead atoms. The van der Waals surface area contributed by atoms with Crippen LogP contribution in [0.1, 0.15) is 24.2 Å². The molecule has 2 N–H and O–H groups in total. The maximum Gasteiger partial charge on any atom is 0.339 e. The van der Waals surface area contributed by atoms with E-state index >= 15 is 0 Å². The van der Waals surface area contributed by atoms with Crippen LogP contribution in [0.4, 0.5) is 0 Å². The molecule has 0 aromatic heterocycles. The molecule has 0 aliphatic rings. The number of aliphatic hydroxyl groups is 1. The summed E-state index contributed by atoms with van der Waals surface area (Å²) in [6, 6.07) is 4.88. The molecule has 1 aromatic rings. The summed E-state index contributed by atoms with van der Waals surface area (Å²) in [5.74, 6) is -0.765. The predicted octanol–water partition coefficient (Wildman–Crippen LogP) is 2.14. The number of rotatable bonds is 4. The van der Waals surface area contributed by atoms with E-state index < -0.39 is 11.6 Å². The average Bonchev–Trinajstić information content (AvgIpc) is 2.14. The van der Waals surface area contributed by atoms with E-state index in [0.717, 1.165) is 3.57 Å². The Morgan fingerprint density at radius 1 is 1.50 bits per heavy atom. The number of carbonyl (C=O) groups is 1. The van der Waals surface area contributed by atoms with Crippen molar-refractivity contribution in [1.29, 1.82) is 0 Å². The highest BCUT2D eigenvalue weighted by Crippen LogP contribution is 2.22. The van der Waals surface area contributed by atoms with Gasteiger partial charge in [0, 0.05) is 3.57 Å². The van der Waals surface area contributed by atoms with E-state index in [-0.39, 0.29) is 17.9 Å². The van der Waals surface area contributed by atoms with E-state index in [0.29, 0.717) is 0 Å². The van der Waals surface area contributed by atoms with E-state index in [1.807, 2.05) is 22.6 Å². The number of hydrogen-bond donors (Lipinski definition) is 2. The third-order valence-electron chi connectivity index (χ3n) is 1.75. The summed E-state index contributed by atoms with van der Waals surface area (Å²) in [6.07, 6.45) is 0. The zero-order chi connectivity index (χ0) is 12.3. The lowest BCUT2D eigenvalue weighted by Crippen LogP contribution is -2.28. The fourth-order valence-electron chi connectivity index (χ4n) is 1.05. The lowest BCUT2D eigenvalue weighted by molar-refractivity contribution is 0.0275. The molecule has 0 saturated heterocycles. The molecule has 16 heavy (non-hydrogen) atoms. The zero-order valence-corrected chi connectivity index (χ0v) is 11.2. The number of ether oxygens (including phenoxy) is 1. The maximum atomic E-state index is 11.0. The van der Waals surface area contributed by atoms with Gasteiger partial charge in [-0.05, 0) is 54.6 Å². The molecule has 5 heteroatoms. The lowest BCUT2D eigenvalue weighted by atomic mass is 10.1. The minimum absolute atomic E-state index is 0.0495. The first kappa shape index (κ1) is 13.2. The average molecular weight is 336 g/mol. The van der Waals surface area contributed by atoms with Crippen LogP contribution in [0.2, 0.25) is 0 Å². The van der Waals surface area contributed by atoms with Crippen molar-refractivity contribution in [2.75, 3.05) is 6.61 Å². The number of carboxylic acids is 1. The SMILES string of the molecule is CC(C)(O)COc1ccc(I)cc1C(=O)O. The second kappa shape index (κ2) is 5.01. The molecule has 0 atom stereocenters. The van der Waals surface area contributed by atoms with E-state index in [1.165, 1.54) is 6.07 Å². The summed E-state index contributed by atoms with van der Waals surface area (Å²) in [7, 11) is 0. The lowest BCUT2D eigenvalue weighted by Gasteiger charge is -2.18. The predicted molar refractivity (Wildman–Crippen MR) is 67.9 cm³/mol. The highest BCUT2D eigenvalue weighted by molar-refractivity contribution is 14.1. The molecule has 88 valence electrons. The van der Waals surface area contributed by atoms with Crippen LogP contribution in [-0.2, 0) is 0 Å². The van der Waals surface area contributed by atoms with Crippen LogP contribution in [0.15, 0.2) is 18.2 Å². The van der Waals surface area contributed by atoms with Crippen LogP contribution in [-0.4, -0.2) is 28.4 Å². The number of hydrogen-bond acceptors (Lipinski definition) is 3. The molecule has 0 aliphatic carbocycles. The Morgan fingerprint density at radius 2 is 2.12 bits per heavy atom. The molecule has 4 nitrogen and oxygen atoms in total. The second-order valence-electron chi connectivity index (χ2n) is 4.05. The van der Waals surface area contributed by atoms with E-state index in [2.05, 4.69) is 0 Å². The van der Waals surface area contributed by atoms with Gasteiger partial charge in [-0.3, -0.25) is 0 Å². The molecular formula is C11H13IO4. The Balaban J connectivity index is 2.91. The van der Waals surface area contributed by atoms with E-state index in [9.17, 15) is 9.90 Å². The van der Waals surface area contributed by atoms with Gasteiger partial charge in [-0.2, -0.15) is 0 Å². The van der Waals surface area contributed by atoms with Crippen LogP contribution in [0.25, 0.3) is 0 Å². The van der Waals surface area contributed by atoms with Crippen molar-refractivity contribution in [3.8, 4) is 5.75 Å². The first-order valence-corrected chi connectivity index (χ1v) is 5.75. The van der Waals surface area contributed by atoms with Crippen molar-refractivity contribution in [3.63, 3.8) is 0 Å². The molecule has 0 amide bonds. The summed E-state index contributed by atoms with van der Waals surface area (Å²) in [4.78, 5) is 11.0. The van der Waals surface area contributed by atoms with Gasteiger partial charge in [-0.1, -0.05) is 0 Å². The van der Waals surface area contributed by atoms with Gasteiger partial charge in [0.25, 0.3) is 0 Å². The highest BCUT2D eigenvalue weighted by Gasteiger charge is 2.17. The van der Waals surface area contributed by atoms with Crippen LogP contribution in [0.3, 0.4) is 0 Å². The Bertz CT molecular complexity index is 395. The summed E-state index contributed by atoms with van der Waals surface area (Å²) in [5, 5.41) is 18.5. The van der Waals surface area contributed by atoms with Crippen molar-refractivity contribution < 1.29 is 19.7 Å². The van der Waals surface area contributed by atoms with Gasteiger partial charge in [0.15, 0.2) is 0 Å². The van der Waals surface area contributed by atoms with Crippen molar-refractivity contribution in [3.05, 3.63) is 27.3 Å². The Hall–Kier alpha value is -0.820. The minimum atomic E-state index is -1.04. The number of halogens is 1. The standard InChI is InChI=1S/C11H13IO4/c1-11(2,15)6-16-9-4-3-7(12)5-8(9)10(13)14/h3-5,15H,6H2,1-2H3,(H,13,14). The number of aromatic carboxylic acids is 1. The maximum absolute atomic E-state index is 11.0. The second-order valence-corrected chi connectivity index (χ2v) is 5.29. The van der Waals surface area contributed by atoms with Crippen LogP contribution in [0.5, 0.6) is 5.75 Å². The largest absolute Gasteiger partial charge is 0.490 e. The molecule has 0 aliphatic heterocycles. The van der Waals surface area contributed by atoms with Gasteiger partial charge in [-0.15, -0.1) is 0 Å². The van der Waals surface area contributed by atoms with Crippen molar-refractivity contribution in [1.82, 2.24) is 0 Å². The first-order chi connectivity index (χ1) is 7.29. The number of benzene rings is 1. The van der Waals surface area contributed by atoms with Gasteiger partial charge in [0.2, 0.25) is 0 Å². The third kappa shape index (κ3) is 3.97. The molecule has 1 rings (SSSR count). The Morgan fingerprint density at radius 3 is 2.62 bits per heavy atom. The molecule has 0 heterocycles. The normalized spacial score (nSPS) is 11.2. The van der Waals surface area contributed by atoms with Gasteiger partial charge < -0.3 is 14.9 Å². The summed E-state index contributed by atoms with van der Waals surface area (Å²) >= 11 is 2.03. The Labute approximate surface area is 107 Å². The zero-order valence-electron chi connectivity index (χ0n) is 9.03. The molecule has 0 radical (unpaired) electrons. The third-order valence-corrected chi connectivity index (χ3v) is 2.42. The molecular weight excluding hydrogens is 323 g/mol. The van der Waals surface area contributed by atoms with Gasteiger partial charge in [0.1, 0.15) is 17.9 Å². The van der Waals surface area contributed by atoms with Crippen LogP contribution >= 0.6 is 22.6 Å². The summed E-state index contributed by atoms with van der Waals surface area (Å²) in [6.45, 7) is 3.24. The molecule has 1 aromatic carbocycles. The molecule has 0 unspecified atom stereocenters. The topological polar surface area (TPSA) is 66.8 Å². The fraction of sp³-hybridized carbons (Fsp3) is 0.364. The van der Waals surface area contributed by atoms with Crippen LogP contribution in [0, 0.1) is 3.57 Å². The number of carboxylic acid groups (broad SMARTS) is 1. The molecule has 0 spiro atoms. The fourth-order valence-corrected chi connectivity index (χ4v) is 1.54. The van der Waals surface area contributed by atoms with Crippen LogP contribution < -0.4 is 4.74 Å². The summed E-state index contributed by atoms with van der Waals surface area (Å²) < 4.78 is 6.11. The quantitative estimate of drug-likeness (QED) is 0.827.